The molecule has 0 aliphatic heterocycles. The predicted octanol–water partition coefficient (Wildman–Crippen LogP) is 2.97. The number of rotatable bonds is 1. The Morgan fingerprint density at radius 1 is 1.12 bits per heavy atom. The van der Waals surface area contributed by atoms with Crippen LogP contribution >= 0.6 is 0 Å². The molecule has 0 N–H and O–H groups in total. The van der Waals surface area contributed by atoms with E-state index in [1.165, 1.54) is 11.8 Å². The summed E-state index contributed by atoms with van der Waals surface area (Å²) < 4.78 is 4.64. The Labute approximate surface area is 101 Å². The van der Waals surface area contributed by atoms with E-state index in [0.717, 1.165) is 0 Å². The molecule has 4 heteroatoms. The molecule has 0 saturated heterocycles. The Kier molecular flexibility index (Phi) is 3.89. The van der Waals surface area contributed by atoms with Crippen LogP contribution in [0.2, 0.25) is 0 Å². The van der Waals surface area contributed by atoms with E-state index in [2.05, 4.69) is 4.74 Å². The third-order valence-electron chi connectivity index (χ3n) is 2.10. The molecule has 0 bridgehead atoms. The lowest BCUT2D eigenvalue weighted by Crippen LogP contribution is -2.46. The molecule has 0 aromatic heterocycles. The number of carbonyl (C=O) groups excluding carboxylic acids is 2. The molecule has 0 fully saturated rings. The van der Waals surface area contributed by atoms with Crippen LogP contribution in [-0.2, 0) is 9.53 Å². The molecule has 1 aromatic rings. The molecule has 17 heavy (non-hydrogen) atoms. The maximum atomic E-state index is 11.9. The Hall–Kier alpha value is -1.84. The fourth-order valence-electron chi connectivity index (χ4n) is 1.51. The Morgan fingerprint density at radius 3 is 2.06 bits per heavy atom. The van der Waals surface area contributed by atoms with Crippen molar-refractivity contribution in [1.82, 2.24) is 0 Å². The first kappa shape index (κ1) is 13.2. The van der Waals surface area contributed by atoms with E-state index in [1.54, 1.807) is 12.1 Å². The summed E-state index contributed by atoms with van der Waals surface area (Å²) in [6, 6.07) is 9.12. The number of anilines is 1. The molecule has 0 radical (unpaired) electrons. The predicted molar refractivity (Wildman–Crippen MR) is 65.8 cm³/mol. The summed E-state index contributed by atoms with van der Waals surface area (Å²) in [6.45, 7) is 6.84. The van der Waals surface area contributed by atoms with Crippen LogP contribution in [0.3, 0.4) is 0 Å². The van der Waals surface area contributed by atoms with Gasteiger partial charge in [-0.1, -0.05) is 18.2 Å². The average Bonchev–Trinajstić information content (AvgIpc) is 2.15. The number of nitrogens with zero attached hydrogens (tertiary/aromatic N) is 1. The van der Waals surface area contributed by atoms with E-state index in [-0.39, 0.29) is 0 Å². The Balaban J connectivity index is 3.06. The highest BCUT2D eigenvalue weighted by Crippen LogP contribution is 2.24. The Morgan fingerprint density at radius 2 is 1.65 bits per heavy atom. The van der Waals surface area contributed by atoms with Crippen molar-refractivity contribution in [2.45, 2.75) is 33.2 Å². The summed E-state index contributed by atoms with van der Waals surface area (Å²) in [5.41, 5.74) is 0.236. The zero-order valence-corrected chi connectivity index (χ0v) is 10.6. The number of esters is 1. The van der Waals surface area contributed by atoms with E-state index in [4.69, 9.17) is 0 Å². The third-order valence-corrected chi connectivity index (χ3v) is 2.10. The van der Waals surface area contributed by atoms with E-state index >= 15 is 0 Å². The number of carbonyl (C=O) groups is 2. The molecule has 4 nitrogen and oxygen atoms in total. The summed E-state index contributed by atoms with van der Waals surface area (Å²) in [6.07, 6.45) is -0.656. The van der Waals surface area contributed by atoms with E-state index in [1.807, 2.05) is 39.0 Å². The van der Waals surface area contributed by atoms with Gasteiger partial charge >= 0.3 is 12.1 Å². The quantitative estimate of drug-likeness (QED) is 0.555. The van der Waals surface area contributed by atoms with Crippen molar-refractivity contribution >= 4 is 17.7 Å². The lowest BCUT2D eigenvalue weighted by atomic mass is 10.1. The summed E-state index contributed by atoms with van der Waals surface area (Å²) in [7, 11) is 0. The molecule has 0 aliphatic rings. The molecule has 1 aromatic carbocycles. The number of amides is 1. The van der Waals surface area contributed by atoms with Crippen molar-refractivity contribution in [3.05, 3.63) is 30.3 Å². The fraction of sp³-hybridized carbons (Fsp3) is 0.385. The molecule has 0 aliphatic carbocycles. The number of hydrogen-bond acceptors (Lipinski definition) is 3. The normalized spacial score (nSPS) is 10.8. The van der Waals surface area contributed by atoms with Crippen LogP contribution in [0.25, 0.3) is 0 Å². The van der Waals surface area contributed by atoms with Gasteiger partial charge in [-0.25, -0.2) is 4.79 Å². The molecule has 0 atom stereocenters. The topological polar surface area (TPSA) is 46.6 Å². The second-order valence-electron chi connectivity index (χ2n) is 4.70. The van der Waals surface area contributed by atoms with Gasteiger partial charge in [0.25, 0.3) is 0 Å². The summed E-state index contributed by atoms with van der Waals surface area (Å²) in [5, 5.41) is 0. The van der Waals surface area contributed by atoms with Crippen LogP contribution in [0.4, 0.5) is 10.5 Å². The number of ether oxygens (including phenoxy) is 1. The SMILES string of the molecule is CC(=O)OC(=O)N(c1ccccc1)C(C)(C)C. The van der Waals surface area contributed by atoms with Gasteiger partial charge < -0.3 is 4.74 Å². The van der Waals surface area contributed by atoms with Crippen LogP contribution < -0.4 is 4.90 Å². The van der Waals surface area contributed by atoms with Crippen molar-refractivity contribution in [2.24, 2.45) is 0 Å². The first-order valence-electron chi connectivity index (χ1n) is 5.40. The van der Waals surface area contributed by atoms with Gasteiger partial charge in [-0.3, -0.25) is 9.69 Å². The fourth-order valence-corrected chi connectivity index (χ4v) is 1.51. The van der Waals surface area contributed by atoms with Gasteiger partial charge in [0.2, 0.25) is 0 Å². The van der Waals surface area contributed by atoms with Gasteiger partial charge in [0.15, 0.2) is 0 Å². The van der Waals surface area contributed by atoms with E-state index in [0.29, 0.717) is 5.69 Å². The molecule has 0 unspecified atom stereocenters. The first-order chi connectivity index (χ1) is 7.82. The van der Waals surface area contributed by atoms with Crippen LogP contribution in [0.1, 0.15) is 27.7 Å². The highest BCUT2D eigenvalue weighted by atomic mass is 16.6. The van der Waals surface area contributed by atoms with Crippen LogP contribution in [0, 0.1) is 0 Å². The van der Waals surface area contributed by atoms with Crippen LogP contribution in [-0.4, -0.2) is 17.6 Å². The van der Waals surface area contributed by atoms with Crippen LogP contribution in [0.5, 0.6) is 0 Å². The molecule has 0 saturated carbocycles. The largest absolute Gasteiger partial charge is 0.422 e. The summed E-state index contributed by atoms with van der Waals surface area (Å²) in [4.78, 5) is 24.2. The highest BCUT2D eigenvalue weighted by Gasteiger charge is 2.30. The minimum atomic E-state index is -0.656. The standard InChI is InChI=1S/C13H17NO3/c1-10(15)17-12(16)14(13(2,3)4)11-8-6-5-7-9-11/h5-9H,1-4H3. The maximum absolute atomic E-state index is 11.9. The molecule has 92 valence electrons. The van der Waals surface area contributed by atoms with Crippen molar-refractivity contribution in [1.29, 1.82) is 0 Å². The molecule has 1 rings (SSSR count). The number of para-hydroxylation sites is 1. The van der Waals surface area contributed by atoms with Crippen molar-refractivity contribution in [2.75, 3.05) is 4.90 Å². The lowest BCUT2D eigenvalue weighted by molar-refractivity contribution is -0.134. The third kappa shape index (κ3) is 3.59. The van der Waals surface area contributed by atoms with Crippen molar-refractivity contribution in [3.63, 3.8) is 0 Å². The molecule has 0 spiro atoms. The van der Waals surface area contributed by atoms with Gasteiger partial charge in [0.05, 0.1) is 0 Å². The second kappa shape index (κ2) is 4.99. The zero-order chi connectivity index (χ0) is 13.1. The first-order valence-corrected chi connectivity index (χ1v) is 5.40. The maximum Gasteiger partial charge on any atom is 0.422 e. The van der Waals surface area contributed by atoms with Crippen LogP contribution in [0.15, 0.2) is 30.3 Å². The van der Waals surface area contributed by atoms with Gasteiger partial charge in [-0.15, -0.1) is 0 Å². The highest BCUT2D eigenvalue weighted by molar-refractivity contribution is 5.95. The monoisotopic (exact) mass is 235 g/mol. The van der Waals surface area contributed by atoms with Gasteiger partial charge in [-0.2, -0.15) is 0 Å². The summed E-state index contributed by atoms with van der Waals surface area (Å²) in [5.74, 6) is -0.611. The van der Waals surface area contributed by atoms with Gasteiger partial charge in [-0.05, 0) is 32.9 Å². The molecule has 0 heterocycles. The van der Waals surface area contributed by atoms with Gasteiger partial charge in [0, 0.05) is 18.2 Å². The number of benzene rings is 1. The molecular formula is C13H17NO3. The van der Waals surface area contributed by atoms with E-state index < -0.39 is 17.6 Å². The summed E-state index contributed by atoms with van der Waals surface area (Å²) >= 11 is 0. The van der Waals surface area contributed by atoms with E-state index in [9.17, 15) is 9.59 Å². The number of hydrogen-bond donors (Lipinski definition) is 0. The molecule has 1 amide bonds. The smallest absolute Gasteiger partial charge is 0.376 e. The van der Waals surface area contributed by atoms with Crippen molar-refractivity contribution in [3.8, 4) is 0 Å². The van der Waals surface area contributed by atoms with Gasteiger partial charge in [0.1, 0.15) is 0 Å². The second-order valence-corrected chi connectivity index (χ2v) is 4.70. The minimum Gasteiger partial charge on any atom is -0.376 e. The average molecular weight is 235 g/mol. The van der Waals surface area contributed by atoms with Crippen molar-refractivity contribution < 1.29 is 14.3 Å². The lowest BCUT2D eigenvalue weighted by Gasteiger charge is -2.34. The zero-order valence-electron chi connectivity index (χ0n) is 10.6. The minimum absolute atomic E-state index is 0.464. The molecular weight excluding hydrogens is 218 g/mol. The Bertz CT molecular complexity index is 406.